The highest BCUT2D eigenvalue weighted by atomic mass is 16.5. The van der Waals surface area contributed by atoms with E-state index in [0.29, 0.717) is 43.8 Å². The van der Waals surface area contributed by atoms with Crippen molar-refractivity contribution in [2.45, 2.75) is 19.8 Å². The van der Waals surface area contributed by atoms with Crippen LogP contribution in [0.25, 0.3) is 38.6 Å². The average Bonchev–Trinajstić information content (AvgIpc) is 3.26. The highest BCUT2D eigenvalue weighted by Gasteiger charge is 2.27. The first-order valence-electron chi connectivity index (χ1n) is 14.2. The van der Waals surface area contributed by atoms with Crippen LogP contribution >= 0.6 is 0 Å². The minimum Gasteiger partial charge on any atom is -0.465 e. The molecule has 2 aliphatic carbocycles. The number of hydrogen-bond donors (Lipinski definition) is 0. The van der Waals surface area contributed by atoms with Gasteiger partial charge in [-0.2, -0.15) is 21.0 Å². The van der Waals surface area contributed by atoms with Crippen LogP contribution in [0.15, 0.2) is 103 Å². The van der Waals surface area contributed by atoms with E-state index in [-0.39, 0.29) is 17.1 Å². The van der Waals surface area contributed by atoms with Crippen LogP contribution in [0.3, 0.4) is 0 Å². The Morgan fingerprint density at radius 2 is 1.33 bits per heavy atom. The molecular weight excluding hydrogens is 556 g/mol. The minimum atomic E-state index is -0.513. The number of nitriles is 4. The van der Waals surface area contributed by atoms with Crippen molar-refractivity contribution < 1.29 is 9.53 Å². The Balaban J connectivity index is 1.99. The summed E-state index contributed by atoms with van der Waals surface area (Å²) in [5.74, 6) is -0.329. The lowest BCUT2D eigenvalue weighted by molar-refractivity contribution is 0.0602. The molecule has 0 atom stereocenters. The fraction of sp³-hybridized carbons (Fsp3) is 0.103. The zero-order valence-electron chi connectivity index (χ0n) is 24.9. The summed E-state index contributed by atoms with van der Waals surface area (Å²) in [4.78, 5) is 13.2. The Labute approximate surface area is 261 Å². The fourth-order valence-corrected chi connectivity index (χ4v) is 5.53. The van der Waals surface area contributed by atoms with E-state index in [1.54, 1.807) is 30.3 Å². The number of carbonyl (C=O) groups is 1. The third-order valence-corrected chi connectivity index (χ3v) is 7.81. The molecule has 0 heterocycles. The van der Waals surface area contributed by atoms with Crippen molar-refractivity contribution in [1.29, 1.82) is 21.0 Å². The molecule has 0 saturated carbocycles. The second-order valence-electron chi connectivity index (χ2n) is 10.7. The third kappa shape index (κ3) is 5.66. The Kier molecular flexibility index (Phi) is 8.54. The summed E-state index contributed by atoms with van der Waals surface area (Å²) in [6, 6.07) is 38.0. The second-order valence-corrected chi connectivity index (χ2v) is 10.7. The van der Waals surface area contributed by atoms with Crippen molar-refractivity contribution in [2.24, 2.45) is 0 Å². The second kappa shape index (κ2) is 12.8. The fourth-order valence-electron chi connectivity index (χ4n) is 5.53. The van der Waals surface area contributed by atoms with Crippen LogP contribution < -0.4 is 10.4 Å². The molecule has 45 heavy (non-hydrogen) atoms. The number of methoxy groups -OCH3 is 1. The maximum Gasteiger partial charge on any atom is 0.338 e. The van der Waals surface area contributed by atoms with E-state index in [9.17, 15) is 25.8 Å². The lowest BCUT2D eigenvalue weighted by Gasteiger charge is -2.16. The Hall–Kier alpha value is -6.47. The van der Waals surface area contributed by atoms with E-state index < -0.39 is 5.97 Å². The molecule has 6 heteroatoms. The summed E-state index contributed by atoms with van der Waals surface area (Å²) < 4.78 is 5.20. The van der Waals surface area contributed by atoms with Gasteiger partial charge in [-0.3, -0.25) is 0 Å². The lowest BCUT2D eigenvalue weighted by atomic mass is 9.86. The molecule has 0 aliphatic heterocycles. The van der Waals surface area contributed by atoms with Crippen LogP contribution in [0.1, 0.15) is 46.8 Å². The highest BCUT2D eigenvalue weighted by molar-refractivity contribution is 6.14. The summed E-state index contributed by atoms with van der Waals surface area (Å²) in [6.07, 6.45) is 0. The highest BCUT2D eigenvalue weighted by Crippen LogP contribution is 2.42. The van der Waals surface area contributed by atoms with Gasteiger partial charge in [0.05, 0.1) is 12.7 Å². The first kappa shape index (κ1) is 30.0. The summed E-state index contributed by atoms with van der Waals surface area (Å²) in [7, 11) is 1.33. The predicted octanol–water partition coefficient (Wildman–Crippen LogP) is 6.75. The van der Waals surface area contributed by atoms with E-state index in [1.807, 2.05) is 78.9 Å². The Bertz CT molecular complexity index is 2250. The molecule has 0 amide bonds. The molecule has 214 valence electrons. The van der Waals surface area contributed by atoms with Gasteiger partial charge in [-0.25, -0.2) is 4.79 Å². The van der Waals surface area contributed by atoms with E-state index in [2.05, 4.69) is 26.0 Å². The first-order chi connectivity index (χ1) is 21.8. The van der Waals surface area contributed by atoms with Crippen LogP contribution in [0, 0.1) is 45.3 Å². The van der Waals surface area contributed by atoms with Crippen LogP contribution in [0.5, 0.6) is 0 Å². The molecule has 0 N–H and O–H groups in total. The van der Waals surface area contributed by atoms with E-state index in [4.69, 9.17) is 4.74 Å². The number of nitrogens with zero attached hydrogens (tertiary/aromatic N) is 4. The van der Waals surface area contributed by atoms with Gasteiger partial charge in [-0.1, -0.05) is 98.8 Å². The van der Waals surface area contributed by atoms with Gasteiger partial charge in [0.1, 0.15) is 35.4 Å². The standard InChI is InChI=1S/C39H26N4O2/c1-24(2)28-9-6-10-33-34(18-28)36(39(44)45-3)19-35(33)38(27-14-11-26(12-15-27)31(20-40)21-41)37(32(22-42)23-43)30-16-13-25-7-4-5-8-29(25)17-30/h4-19,24H,1-3H3. The van der Waals surface area contributed by atoms with Crippen molar-refractivity contribution in [3.8, 4) is 35.4 Å². The number of fused-ring (bicyclic) bond motifs is 2. The van der Waals surface area contributed by atoms with Gasteiger partial charge >= 0.3 is 5.97 Å². The molecule has 0 bridgehead atoms. The molecule has 0 fully saturated rings. The van der Waals surface area contributed by atoms with Crippen molar-refractivity contribution in [2.75, 3.05) is 7.11 Å². The molecule has 0 radical (unpaired) electrons. The Morgan fingerprint density at radius 3 is 1.96 bits per heavy atom. The van der Waals surface area contributed by atoms with E-state index in [1.165, 1.54) is 7.11 Å². The van der Waals surface area contributed by atoms with Crippen LogP contribution in [-0.2, 0) is 4.74 Å². The number of carbonyl (C=O) groups excluding carboxylic acids is 1. The smallest absolute Gasteiger partial charge is 0.338 e. The average molecular weight is 583 g/mol. The minimum absolute atomic E-state index is 0.0388. The van der Waals surface area contributed by atoms with E-state index in [0.717, 1.165) is 21.9 Å². The summed E-state index contributed by atoms with van der Waals surface area (Å²) in [5, 5.41) is 42.4. The summed E-state index contributed by atoms with van der Waals surface area (Å²) in [5.41, 5.74) is 4.84. The summed E-state index contributed by atoms with van der Waals surface area (Å²) >= 11 is 0. The van der Waals surface area contributed by atoms with Crippen LogP contribution in [0.2, 0.25) is 0 Å². The number of allylic oxidation sites excluding steroid dienone is 2. The molecule has 3 aromatic carbocycles. The van der Waals surface area contributed by atoms with Crippen molar-refractivity contribution in [3.63, 3.8) is 0 Å². The van der Waals surface area contributed by atoms with Gasteiger partial charge in [0.25, 0.3) is 0 Å². The normalized spacial score (nSPS) is 10.3. The monoisotopic (exact) mass is 582 g/mol. The molecular formula is C39H26N4O2. The Morgan fingerprint density at radius 1 is 0.667 bits per heavy atom. The SMILES string of the molecule is COC(=O)c1cc(C(C(=C(C#N)C#N)c2ccc3ccccc3c2)=c2ccc(=C(C#N)C#N)cc2)c2cccc(C(C)C)cc1-2. The summed E-state index contributed by atoms with van der Waals surface area (Å²) in [6.45, 7) is 4.14. The van der Waals surface area contributed by atoms with Crippen molar-refractivity contribution in [3.05, 3.63) is 135 Å². The van der Waals surface area contributed by atoms with Crippen molar-refractivity contribution >= 4 is 33.5 Å². The van der Waals surface area contributed by atoms with Gasteiger partial charge in [-0.15, -0.1) is 0 Å². The van der Waals surface area contributed by atoms with Gasteiger partial charge in [0, 0.05) is 10.8 Å². The van der Waals surface area contributed by atoms with Crippen LogP contribution in [-0.4, -0.2) is 13.1 Å². The van der Waals surface area contributed by atoms with Gasteiger partial charge in [0.2, 0.25) is 0 Å². The van der Waals surface area contributed by atoms with Gasteiger partial charge in [0.15, 0.2) is 0 Å². The van der Waals surface area contributed by atoms with Crippen molar-refractivity contribution in [1.82, 2.24) is 0 Å². The molecule has 5 rings (SSSR count). The maximum atomic E-state index is 13.2. The maximum absolute atomic E-state index is 13.2. The third-order valence-electron chi connectivity index (χ3n) is 7.81. The first-order valence-corrected chi connectivity index (χ1v) is 14.2. The van der Waals surface area contributed by atoms with Gasteiger partial charge < -0.3 is 4.74 Å². The number of benzene rings is 3. The zero-order chi connectivity index (χ0) is 32.1. The predicted molar refractivity (Wildman–Crippen MR) is 173 cm³/mol. The molecule has 0 aromatic heterocycles. The zero-order valence-corrected chi connectivity index (χ0v) is 24.9. The van der Waals surface area contributed by atoms with Crippen LogP contribution in [0.4, 0.5) is 0 Å². The largest absolute Gasteiger partial charge is 0.465 e. The molecule has 6 nitrogen and oxygen atoms in total. The number of esters is 1. The van der Waals surface area contributed by atoms with E-state index >= 15 is 0 Å². The number of rotatable bonds is 5. The number of hydrogen-bond acceptors (Lipinski definition) is 6. The molecule has 0 saturated heterocycles. The quantitative estimate of drug-likeness (QED) is 0.167. The lowest BCUT2D eigenvalue weighted by Crippen LogP contribution is -2.14. The molecule has 0 unspecified atom stereocenters. The number of ether oxygens (including phenoxy) is 1. The molecule has 2 aliphatic rings. The molecule has 3 aromatic rings. The topological polar surface area (TPSA) is 121 Å². The molecule has 0 spiro atoms. The van der Waals surface area contributed by atoms with Gasteiger partial charge in [-0.05, 0) is 67.4 Å².